The molecule has 1 heterocycles. The van der Waals surface area contributed by atoms with Crippen molar-refractivity contribution >= 4 is 11.8 Å². The highest BCUT2D eigenvalue weighted by atomic mass is 16.2. The number of likely N-dealkylation sites (tertiary alicyclic amines) is 1. The molecule has 1 saturated heterocycles. The molecule has 1 unspecified atom stereocenters. The lowest BCUT2D eigenvalue weighted by molar-refractivity contribution is -0.131. The monoisotopic (exact) mass is 241 g/mol. The van der Waals surface area contributed by atoms with E-state index < -0.39 is 0 Å². The van der Waals surface area contributed by atoms with Crippen LogP contribution in [-0.2, 0) is 9.59 Å². The van der Waals surface area contributed by atoms with E-state index in [0.29, 0.717) is 5.92 Å². The predicted octanol–water partition coefficient (Wildman–Crippen LogP) is 0.0505. The second-order valence-corrected chi connectivity index (χ2v) is 4.96. The number of hydrogen-bond donors (Lipinski definition) is 1. The summed E-state index contributed by atoms with van der Waals surface area (Å²) in [6, 6.07) is 0.215. The number of nitrogens with zero attached hydrogens (tertiary/aromatic N) is 2. The maximum atomic E-state index is 11.5. The van der Waals surface area contributed by atoms with Gasteiger partial charge in [0, 0.05) is 32.6 Å². The molecule has 2 amide bonds. The van der Waals surface area contributed by atoms with Crippen LogP contribution in [0.4, 0.5) is 0 Å². The molecule has 5 nitrogen and oxygen atoms in total. The Labute approximate surface area is 103 Å². The van der Waals surface area contributed by atoms with Crippen LogP contribution in [0.5, 0.6) is 0 Å². The molecule has 1 aliphatic rings. The van der Waals surface area contributed by atoms with Crippen molar-refractivity contribution in [1.82, 2.24) is 9.80 Å². The number of carbonyl (C=O) groups excluding carboxylic acids is 2. The maximum Gasteiger partial charge on any atom is 0.236 e. The molecular formula is C12H23N3O2. The predicted molar refractivity (Wildman–Crippen MR) is 66.3 cm³/mol. The highest BCUT2D eigenvalue weighted by molar-refractivity contribution is 5.78. The first kappa shape index (κ1) is 14.0. The average Bonchev–Trinajstić information content (AvgIpc) is 2.72. The second kappa shape index (κ2) is 6.00. The van der Waals surface area contributed by atoms with Gasteiger partial charge >= 0.3 is 0 Å². The van der Waals surface area contributed by atoms with E-state index in [-0.39, 0.29) is 24.4 Å². The third-order valence-electron chi connectivity index (χ3n) is 3.30. The van der Waals surface area contributed by atoms with E-state index >= 15 is 0 Å². The molecule has 0 aromatic carbocycles. The van der Waals surface area contributed by atoms with Gasteiger partial charge in [-0.3, -0.25) is 9.59 Å². The number of carbonyl (C=O) groups is 2. The van der Waals surface area contributed by atoms with Gasteiger partial charge in [0.25, 0.3) is 0 Å². The van der Waals surface area contributed by atoms with Crippen LogP contribution in [0.15, 0.2) is 0 Å². The number of rotatable bonds is 4. The van der Waals surface area contributed by atoms with E-state index in [9.17, 15) is 9.59 Å². The molecular weight excluding hydrogens is 218 g/mol. The summed E-state index contributed by atoms with van der Waals surface area (Å²) in [4.78, 5) is 26.6. The lowest BCUT2D eigenvalue weighted by Gasteiger charge is -2.28. The molecule has 0 spiro atoms. The van der Waals surface area contributed by atoms with E-state index in [4.69, 9.17) is 5.73 Å². The average molecular weight is 241 g/mol. The Morgan fingerprint density at radius 1 is 1.47 bits per heavy atom. The summed E-state index contributed by atoms with van der Waals surface area (Å²) in [6.45, 7) is 7.93. The van der Waals surface area contributed by atoms with Crippen LogP contribution in [0.2, 0.25) is 0 Å². The van der Waals surface area contributed by atoms with Gasteiger partial charge in [0.1, 0.15) is 0 Å². The SMILES string of the molecule is CC(=O)N(CC1CCN(C(=O)CN)C1)C(C)C. The van der Waals surface area contributed by atoms with Crippen LogP contribution in [-0.4, -0.2) is 53.8 Å². The summed E-state index contributed by atoms with van der Waals surface area (Å²) in [5, 5.41) is 0. The zero-order valence-corrected chi connectivity index (χ0v) is 11.0. The normalized spacial score (nSPS) is 19.8. The van der Waals surface area contributed by atoms with E-state index in [1.165, 1.54) is 0 Å². The molecule has 1 fully saturated rings. The molecule has 1 aliphatic heterocycles. The van der Waals surface area contributed by atoms with E-state index in [1.54, 1.807) is 11.8 Å². The molecule has 1 atom stereocenters. The molecule has 0 aliphatic carbocycles. The van der Waals surface area contributed by atoms with Crippen molar-refractivity contribution in [2.45, 2.75) is 33.2 Å². The van der Waals surface area contributed by atoms with E-state index in [0.717, 1.165) is 26.1 Å². The Morgan fingerprint density at radius 3 is 2.59 bits per heavy atom. The van der Waals surface area contributed by atoms with Gasteiger partial charge in [-0.05, 0) is 26.2 Å². The summed E-state index contributed by atoms with van der Waals surface area (Å²) in [5.74, 6) is 0.492. The van der Waals surface area contributed by atoms with Gasteiger partial charge in [0.2, 0.25) is 11.8 Å². The summed E-state index contributed by atoms with van der Waals surface area (Å²) in [6.07, 6.45) is 0.961. The van der Waals surface area contributed by atoms with Crippen molar-refractivity contribution in [3.05, 3.63) is 0 Å². The second-order valence-electron chi connectivity index (χ2n) is 4.96. The first-order chi connectivity index (χ1) is 7.95. The molecule has 5 heteroatoms. The lowest BCUT2D eigenvalue weighted by Crippen LogP contribution is -2.40. The van der Waals surface area contributed by atoms with Crippen LogP contribution in [0, 0.1) is 5.92 Å². The van der Waals surface area contributed by atoms with E-state index in [2.05, 4.69) is 0 Å². The van der Waals surface area contributed by atoms with Crippen molar-refractivity contribution in [3.63, 3.8) is 0 Å². The van der Waals surface area contributed by atoms with Gasteiger partial charge in [0.05, 0.1) is 6.54 Å². The molecule has 17 heavy (non-hydrogen) atoms. The molecule has 98 valence electrons. The van der Waals surface area contributed by atoms with Crippen molar-refractivity contribution < 1.29 is 9.59 Å². The minimum atomic E-state index is 0.00595. The third kappa shape index (κ3) is 3.70. The van der Waals surface area contributed by atoms with Crippen LogP contribution in [0.3, 0.4) is 0 Å². The van der Waals surface area contributed by atoms with Gasteiger partial charge in [-0.2, -0.15) is 0 Å². The molecule has 0 aromatic rings. The highest BCUT2D eigenvalue weighted by Crippen LogP contribution is 2.18. The Balaban J connectivity index is 2.49. The first-order valence-corrected chi connectivity index (χ1v) is 6.20. The summed E-state index contributed by atoms with van der Waals surface area (Å²) in [5.41, 5.74) is 5.34. The summed E-state index contributed by atoms with van der Waals surface area (Å²) >= 11 is 0. The topological polar surface area (TPSA) is 66.6 Å². The van der Waals surface area contributed by atoms with Crippen LogP contribution < -0.4 is 5.73 Å². The van der Waals surface area contributed by atoms with Gasteiger partial charge in [-0.15, -0.1) is 0 Å². The fourth-order valence-electron chi connectivity index (χ4n) is 2.32. The Hall–Kier alpha value is -1.10. The van der Waals surface area contributed by atoms with Crippen LogP contribution in [0.25, 0.3) is 0 Å². The smallest absolute Gasteiger partial charge is 0.236 e. The Bertz CT molecular complexity index is 291. The van der Waals surface area contributed by atoms with Gasteiger partial charge in [-0.1, -0.05) is 0 Å². The van der Waals surface area contributed by atoms with Gasteiger partial charge in [-0.25, -0.2) is 0 Å². The molecule has 0 bridgehead atoms. The standard InChI is InChI=1S/C12H23N3O2/c1-9(2)15(10(3)16)8-11-4-5-14(7-11)12(17)6-13/h9,11H,4-8,13H2,1-3H3. The maximum absolute atomic E-state index is 11.5. The van der Waals surface area contributed by atoms with Gasteiger partial charge in [0.15, 0.2) is 0 Å². The quantitative estimate of drug-likeness (QED) is 0.756. The molecule has 1 rings (SSSR count). The zero-order chi connectivity index (χ0) is 13.0. The fraction of sp³-hybridized carbons (Fsp3) is 0.833. The van der Waals surface area contributed by atoms with Crippen molar-refractivity contribution in [1.29, 1.82) is 0 Å². The zero-order valence-electron chi connectivity index (χ0n) is 11.0. The Kier molecular flexibility index (Phi) is 4.93. The first-order valence-electron chi connectivity index (χ1n) is 6.20. The molecule has 2 N–H and O–H groups in total. The number of amides is 2. The minimum absolute atomic E-state index is 0.00595. The van der Waals surface area contributed by atoms with Crippen LogP contribution >= 0.6 is 0 Å². The lowest BCUT2D eigenvalue weighted by atomic mass is 10.1. The van der Waals surface area contributed by atoms with Crippen LogP contribution in [0.1, 0.15) is 27.2 Å². The Morgan fingerprint density at radius 2 is 2.12 bits per heavy atom. The fourth-order valence-corrected chi connectivity index (χ4v) is 2.32. The largest absolute Gasteiger partial charge is 0.341 e. The van der Waals surface area contributed by atoms with Crippen molar-refractivity contribution in [2.75, 3.05) is 26.2 Å². The van der Waals surface area contributed by atoms with Gasteiger partial charge < -0.3 is 15.5 Å². The minimum Gasteiger partial charge on any atom is -0.341 e. The number of hydrogen-bond acceptors (Lipinski definition) is 3. The molecule has 0 aromatic heterocycles. The highest BCUT2D eigenvalue weighted by Gasteiger charge is 2.28. The van der Waals surface area contributed by atoms with E-state index in [1.807, 2.05) is 18.7 Å². The summed E-state index contributed by atoms with van der Waals surface area (Å²) < 4.78 is 0. The third-order valence-corrected chi connectivity index (χ3v) is 3.30. The van der Waals surface area contributed by atoms with Crippen molar-refractivity contribution in [2.24, 2.45) is 11.7 Å². The molecule has 0 saturated carbocycles. The summed E-state index contributed by atoms with van der Waals surface area (Å²) in [7, 11) is 0. The number of nitrogens with two attached hydrogens (primary N) is 1. The molecule has 0 radical (unpaired) electrons. The van der Waals surface area contributed by atoms with Crippen molar-refractivity contribution in [3.8, 4) is 0 Å².